The Morgan fingerprint density at radius 3 is 2.66 bits per heavy atom. The number of piperazine rings is 1. The summed E-state index contributed by atoms with van der Waals surface area (Å²) in [7, 11) is 0. The highest BCUT2D eigenvalue weighted by Gasteiger charge is 2.38. The first-order chi connectivity index (χ1) is 14.0. The van der Waals surface area contributed by atoms with Crippen LogP contribution in [-0.2, 0) is 6.54 Å². The number of fused-ring (bicyclic) bond motifs is 3. The van der Waals surface area contributed by atoms with Crippen LogP contribution in [0.2, 0.25) is 5.02 Å². The molecule has 0 saturated carbocycles. The molecule has 3 aliphatic heterocycles. The number of carbonyl (C=O) groups is 1. The van der Waals surface area contributed by atoms with Gasteiger partial charge >= 0.3 is 0 Å². The fraction of sp³-hybridized carbons (Fsp3) is 0.333. The van der Waals surface area contributed by atoms with Crippen molar-refractivity contribution in [3.63, 3.8) is 0 Å². The zero-order valence-electron chi connectivity index (χ0n) is 15.5. The number of rotatable bonds is 4. The van der Waals surface area contributed by atoms with E-state index in [4.69, 9.17) is 11.6 Å². The smallest absolute Gasteiger partial charge is 0.257 e. The Bertz CT molecular complexity index is 1080. The molecule has 8 heteroatoms. The molecule has 1 amide bonds. The second-order valence-corrected chi connectivity index (χ2v) is 8.11. The predicted octanol–water partition coefficient (Wildman–Crippen LogP) is 3.81. The zero-order valence-corrected chi connectivity index (χ0v) is 16.2. The summed E-state index contributed by atoms with van der Waals surface area (Å²) in [4.78, 5) is 14.9. The summed E-state index contributed by atoms with van der Waals surface area (Å²) in [6.45, 7) is 0.879. The topological polar surface area (TPSA) is 50.2 Å². The second kappa shape index (κ2) is 7.07. The SMILES string of the molecule is O=C(c1ccc2c(c1)c(-c1cccc(Cl)c1)nn2CC(F)F)N1CC2CC(C1)N2. The van der Waals surface area contributed by atoms with E-state index in [0.717, 1.165) is 12.0 Å². The first-order valence-electron chi connectivity index (χ1n) is 9.58. The van der Waals surface area contributed by atoms with E-state index in [2.05, 4.69) is 10.4 Å². The summed E-state index contributed by atoms with van der Waals surface area (Å²) in [5.74, 6) is -0.0400. The van der Waals surface area contributed by atoms with Crippen LogP contribution in [0, 0.1) is 0 Å². The van der Waals surface area contributed by atoms with Crippen molar-refractivity contribution < 1.29 is 13.6 Å². The third-order valence-electron chi connectivity index (χ3n) is 5.62. The van der Waals surface area contributed by atoms with Gasteiger partial charge in [-0.1, -0.05) is 23.7 Å². The Labute approximate surface area is 171 Å². The van der Waals surface area contributed by atoms with Crippen molar-refractivity contribution >= 4 is 28.4 Å². The molecule has 0 radical (unpaired) electrons. The number of hydrogen-bond donors (Lipinski definition) is 1. The van der Waals surface area contributed by atoms with Gasteiger partial charge in [0, 0.05) is 46.7 Å². The first-order valence-corrected chi connectivity index (χ1v) is 9.96. The number of amides is 1. The van der Waals surface area contributed by atoms with Gasteiger partial charge in [0.25, 0.3) is 12.3 Å². The van der Waals surface area contributed by atoms with Gasteiger partial charge in [0.2, 0.25) is 0 Å². The highest BCUT2D eigenvalue weighted by atomic mass is 35.5. The van der Waals surface area contributed by atoms with Crippen LogP contribution < -0.4 is 5.32 Å². The summed E-state index contributed by atoms with van der Waals surface area (Å²) < 4.78 is 27.4. The Morgan fingerprint density at radius 1 is 1.21 bits per heavy atom. The lowest BCUT2D eigenvalue weighted by Gasteiger charge is -2.48. The van der Waals surface area contributed by atoms with Gasteiger partial charge in [-0.3, -0.25) is 9.48 Å². The summed E-state index contributed by atoms with van der Waals surface area (Å²) in [5, 5.41) is 9.03. The van der Waals surface area contributed by atoms with Crippen LogP contribution in [0.3, 0.4) is 0 Å². The Morgan fingerprint density at radius 2 is 1.97 bits per heavy atom. The molecule has 0 spiro atoms. The van der Waals surface area contributed by atoms with Crippen LogP contribution in [0.25, 0.3) is 22.2 Å². The molecule has 3 fully saturated rings. The molecule has 150 valence electrons. The monoisotopic (exact) mass is 416 g/mol. The van der Waals surface area contributed by atoms with Crippen molar-refractivity contribution in [2.45, 2.75) is 31.5 Å². The minimum Gasteiger partial charge on any atom is -0.336 e. The minimum atomic E-state index is -2.53. The van der Waals surface area contributed by atoms with Gasteiger partial charge in [-0.2, -0.15) is 5.10 Å². The molecule has 2 atom stereocenters. The third kappa shape index (κ3) is 3.38. The number of halogens is 3. The lowest BCUT2D eigenvalue weighted by Crippen LogP contribution is -2.67. The van der Waals surface area contributed by atoms with E-state index in [9.17, 15) is 13.6 Å². The van der Waals surface area contributed by atoms with Gasteiger partial charge in [0.15, 0.2) is 0 Å². The summed E-state index contributed by atoms with van der Waals surface area (Å²) in [6, 6.07) is 13.0. The molecule has 3 saturated heterocycles. The van der Waals surface area contributed by atoms with E-state index in [0.29, 0.717) is 52.4 Å². The fourth-order valence-electron chi connectivity index (χ4n) is 4.29. The molecule has 29 heavy (non-hydrogen) atoms. The average Bonchev–Trinajstić information content (AvgIpc) is 3.04. The van der Waals surface area contributed by atoms with Gasteiger partial charge in [-0.15, -0.1) is 0 Å². The molecule has 1 aromatic heterocycles. The number of benzene rings is 2. The van der Waals surface area contributed by atoms with Crippen LogP contribution in [-0.4, -0.2) is 52.2 Å². The normalized spacial score (nSPS) is 20.9. The zero-order chi connectivity index (χ0) is 20.1. The van der Waals surface area contributed by atoms with Crippen molar-refractivity contribution in [2.75, 3.05) is 13.1 Å². The number of nitrogens with zero attached hydrogens (tertiary/aromatic N) is 3. The molecular weight excluding hydrogens is 398 g/mol. The fourth-order valence-corrected chi connectivity index (χ4v) is 4.48. The molecule has 6 rings (SSSR count). The van der Waals surface area contributed by atoms with E-state index in [1.165, 1.54) is 4.68 Å². The van der Waals surface area contributed by atoms with E-state index >= 15 is 0 Å². The second-order valence-electron chi connectivity index (χ2n) is 7.67. The van der Waals surface area contributed by atoms with Gasteiger partial charge in [0.1, 0.15) is 12.2 Å². The van der Waals surface area contributed by atoms with Gasteiger partial charge in [0.05, 0.1) is 5.52 Å². The largest absolute Gasteiger partial charge is 0.336 e. The Kier molecular flexibility index (Phi) is 4.52. The molecule has 5 nitrogen and oxygen atoms in total. The maximum atomic E-state index is 13.1. The summed E-state index contributed by atoms with van der Waals surface area (Å²) in [6.07, 6.45) is -1.42. The van der Waals surface area contributed by atoms with Crippen molar-refractivity contribution in [1.82, 2.24) is 20.0 Å². The third-order valence-corrected chi connectivity index (χ3v) is 5.85. The van der Waals surface area contributed by atoms with Crippen molar-refractivity contribution in [3.8, 4) is 11.3 Å². The van der Waals surface area contributed by atoms with Crippen LogP contribution in [0.4, 0.5) is 8.78 Å². The highest BCUT2D eigenvalue weighted by Crippen LogP contribution is 2.31. The van der Waals surface area contributed by atoms with Crippen LogP contribution in [0.5, 0.6) is 0 Å². The first kappa shape index (κ1) is 18.5. The quantitative estimate of drug-likeness (QED) is 0.703. The van der Waals surface area contributed by atoms with Crippen LogP contribution in [0.15, 0.2) is 42.5 Å². The number of nitrogens with one attached hydrogen (secondary N) is 1. The number of carbonyl (C=O) groups excluding carboxylic acids is 1. The van der Waals surface area contributed by atoms with E-state index in [1.807, 2.05) is 11.0 Å². The van der Waals surface area contributed by atoms with E-state index < -0.39 is 13.0 Å². The van der Waals surface area contributed by atoms with E-state index in [-0.39, 0.29) is 5.91 Å². The maximum Gasteiger partial charge on any atom is 0.257 e. The summed E-state index contributed by atoms with van der Waals surface area (Å²) in [5.41, 5.74) is 2.38. The number of hydrogen-bond acceptors (Lipinski definition) is 3. The molecule has 3 aliphatic rings. The number of alkyl halides is 2. The van der Waals surface area contributed by atoms with Gasteiger partial charge in [-0.25, -0.2) is 8.78 Å². The number of aromatic nitrogens is 2. The van der Waals surface area contributed by atoms with Crippen molar-refractivity contribution in [1.29, 1.82) is 0 Å². The van der Waals surface area contributed by atoms with Crippen molar-refractivity contribution in [3.05, 3.63) is 53.1 Å². The molecule has 3 aromatic rings. The summed E-state index contributed by atoms with van der Waals surface area (Å²) >= 11 is 6.12. The van der Waals surface area contributed by atoms with Crippen LogP contribution >= 0.6 is 11.6 Å². The lowest BCUT2D eigenvalue weighted by atomic mass is 9.91. The van der Waals surface area contributed by atoms with Crippen LogP contribution in [0.1, 0.15) is 16.8 Å². The van der Waals surface area contributed by atoms with Gasteiger partial charge < -0.3 is 10.2 Å². The molecular formula is C21H19ClF2N4O. The van der Waals surface area contributed by atoms with Crippen molar-refractivity contribution in [2.24, 2.45) is 0 Å². The predicted molar refractivity (Wildman–Crippen MR) is 107 cm³/mol. The number of piperidine rings is 1. The molecule has 2 bridgehead atoms. The Hall–Kier alpha value is -2.51. The Balaban J connectivity index is 1.57. The molecule has 2 aromatic carbocycles. The molecule has 2 unspecified atom stereocenters. The van der Waals surface area contributed by atoms with E-state index in [1.54, 1.807) is 36.4 Å². The molecule has 0 aliphatic carbocycles. The standard InChI is InChI=1S/C21H19ClF2N4O/c22-14-3-1-2-12(6-14)20-17-7-13(4-5-18(17)28(26-20)11-19(23)24)21(29)27-9-15-8-16(10-27)25-15/h1-7,15-16,19,25H,8-11H2. The highest BCUT2D eigenvalue weighted by molar-refractivity contribution is 6.30. The van der Waals surface area contributed by atoms with Gasteiger partial charge in [-0.05, 0) is 36.8 Å². The molecule has 4 heterocycles. The average molecular weight is 417 g/mol. The maximum absolute atomic E-state index is 13.1. The minimum absolute atomic E-state index is 0.0400. The molecule has 1 N–H and O–H groups in total. The lowest BCUT2D eigenvalue weighted by molar-refractivity contribution is 0.0474.